The molecule has 1 fully saturated rings. The van der Waals surface area contributed by atoms with Crippen molar-refractivity contribution in [2.45, 2.75) is 25.9 Å². The van der Waals surface area contributed by atoms with Crippen LogP contribution in [0.2, 0.25) is 0 Å². The van der Waals surface area contributed by atoms with Gasteiger partial charge >= 0.3 is 0 Å². The molecular formula is C13H18N2O2. The predicted octanol–water partition coefficient (Wildman–Crippen LogP) is 1.28. The quantitative estimate of drug-likeness (QED) is 0.853. The minimum absolute atomic E-state index is 0.227. The van der Waals surface area contributed by atoms with E-state index in [0.29, 0.717) is 19.5 Å². The van der Waals surface area contributed by atoms with Crippen LogP contribution in [0.25, 0.3) is 0 Å². The van der Waals surface area contributed by atoms with Crippen molar-refractivity contribution >= 4 is 5.91 Å². The second kappa shape index (κ2) is 5.19. The third kappa shape index (κ3) is 2.58. The van der Waals surface area contributed by atoms with Gasteiger partial charge in [-0.3, -0.25) is 4.79 Å². The van der Waals surface area contributed by atoms with E-state index in [0.717, 1.165) is 29.8 Å². The number of rotatable bonds is 4. The number of benzene rings is 1. The highest BCUT2D eigenvalue weighted by Crippen LogP contribution is 2.23. The Kier molecular flexibility index (Phi) is 3.64. The van der Waals surface area contributed by atoms with Crippen molar-refractivity contribution in [3.8, 4) is 5.75 Å². The molecule has 1 saturated heterocycles. The number of nitrogens with two attached hydrogens (primary N) is 1. The minimum atomic E-state index is 0.227. The number of hydrogen-bond donors (Lipinski definition) is 1. The number of carbonyl (C=O) groups is 1. The first-order valence-electron chi connectivity index (χ1n) is 5.88. The van der Waals surface area contributed by atoms with Crippen molar-refractivity contribution in [2.24, 2.45) is 5.73 Å². The van der Waals surface area contributed by atoms with Gasteiger partial charge in [0.05, 0.1) is 7.11 Å². The van der Waals surface area contributed by atoms with Crippen LogP contribution in [0.15, 0.2) is 18.2 Å². The second-order valence-corrected chi connectivity index (χ2v) is 4.27. The molecule has 2 N–H and O–H groups in total. The fourth-order valence-electron chi connectivity index (χ4n) is 2.16. The molecule has 0 aliphatic carbocycles. The Labute approximate surface area is 101 Å². The van der Waals surface area contributed by atoms with Gasteiger partial charge in [-0.05, 0) is 24.1 Å². The zero-order chi connectivity index (χ0) is 12.3. The Morgan fingerprint density at radius 3 is 2.88 bits per heavy atom. The van der Waals surface area contributed by atoms with Crippen molar-refractivity contribution in [3.63, 3.8) is 0 Å². The van der Waals surface area contributed by atoms with Gasteiger partial charge in [0, 0.05) is 31.6 Å². The highest BCUT2D eigenvalue weighted by molar-refractivity contribution is 5.78. The second-order valence-electron chi connectivity index (χ2n) is 4.27. The van der Waals surface area contributed by atoms with E-state index in [9.17, 15) is 4.79 Å². The molecule has 1 aliphatic heterocycles. The number of ether oxygens (including phenoxy) is 1. The standard InChI is InChI=1S/C13H18N2O2/c1-17-12-5-4-10(8-14)7-11(12)9-15-6-2-3-13(15)16/h4-5,7H,2-3,6,8-9,14H2,1H3. The van der Waals surface area contributed by atoms with E-state index in [-0.39, 0.29) is 5.91 Å². The summed E-state index contributed by atoms with van der Waals surface area (Å²) in [5.74, 6) is 1.05. The van der Waals surface area contributed by atoms with E-state index in [1.54, 1.807) is 7.11 Å². The summed E-state index contributed by atoms with van der Waals surface area (Å²) in [5, 5.41) is 0. The molecule has 1 aromatic rings. The first kappa shape index (κ1) is 11.9. The molecule has 0 spiro atoms. The maximum atomic E-state index is 11.6. The van der Waals surface area contributed by atoms with E-state index in [1.165, 1.54) is 0 Å². The molecule has 1 heterocycles. The fraction of sp³-hybridized carbons (Fsp3) is 0.462. The third-order valence-corrected chi connectivity index (χ3v) is 3.11. The molecule has 92 valence electrons. The Morgan fingerprint density at radius 1 is 1.47 bits per heavy atom. The zero-order valence-electron chi connectivity index (χ0n) is 10.1. The highest BCUT2D eigenvalue weighted by Gasteiger charge is 2.21. The van der Waals surface area contributed by atoms with Crippen LogP contribution in [0.4, 0.5) is 0 Å². The summed E-state index contributed by atoms with van der Waals surface area (Å²) in [6, 6.07) is 5.89. The van der Waals surface area contributed by atoms with Crippen LogP contribution in [0, 0.1) is 0 Å². The molecule has 2 rings (SSSR count). The van der Waals surface area contributed by atoms with Gasteiger partial charge in [0.25, 0.3) is 0 Å². The number of amides is 1. The zero-order valence-corrected chi connectivity index (χ0v) is 10.1. The van der Waals surface area contributed by atoms with Crippen LogP contribution in [0.1, 0.15) is 24.0 Å². The van der Waals surface area contributed by atoms with E-state index < -0.39 is 0 Å². The lowest BCUT2D eigenvalue weighted by Crippen LogP contribution is -2.24. The molecule has 0 radical (unpaired) electrons. The van der Waals surface area contributed by atoms with Gasteiger partial charge in [-0.2, -0.15) is 0 Å². The number of methoxy groups -OCH3 is 1. The van der Waals surface area contributed by atoms with Crippen LogP contribution in [-0.4, -0.2) is 24.5 Å². The van der Waals surface area contributed by atoms with Crippen molar-refractivity contribution in [1.82, 2.24) is 4.90 Å². The molecule has 4 heteroatoms. The molecule has 1 aliphatic rings. The van der Waals surface area contributed by atoms with E-state index in [2.05, 4.69) is 0 Å². The van der Waals surface area contributed by atoms with Gasteiger partial charge in [-0.25, -0.2) is 0 Å². The Morgan fingerprint density at radius 2 is 2.29 bits per heavy atom. The highest BCUT2D eigenvalue weighted by atomic mass is 16.5. The number of carbonyl (C=O) groups excluding carboxylic acids is 1. The maximum Gasteiger partial charge on any atom is 0.222 e. The Balaban J connectivity index is 2.20. The number of nitrogens with zero attached hydrogens (tertiary/aromatic N) is 1. The number of hydrogen-bond acceptors (Lipinski definition) is 3. The van der Waals surface area contributed by atoms with E-state index in [4.69, 9.17) is 10.5 Å². The molecule has 0 atom stereocenters. The molecule has 0 aromatic heterocycles. The van der Waals surface area contributed by atoms with Gasteiger partial charge in [0.15, 0.2) is 0 Å². The lowest BCUT2D eigenvalue weighted by Gasteiger charge is -2.18. The molecule has 0 bridgehead atoms. The number of likely N-dealkylation sites (tertiary alicyclic amines) is 1. The van der Waals surface area contributed by atoms with Crippen LogP contribution >= 0.6 is 0 Å². The van der Waals surface area contributed by atoms with Crippen molar-refractivity contribution < 1.29 is 9.53 Å². The van der Waals surface area contributed by atoms with Crippen molar-refractivity contribution in [2.75, 3.05) is 13.7 Å². The normalized spacial score (nSPS) is 15.4. The monoisotopic (exact) mass is 234 g/mol. The van der Waals surface area contributed by atoms with Gasteiger partial charge in [0.1, 0.15) is 5.75 Å². The molecule has 1 aromatic carbocycles. The first-order chi connectivity index (χ1) is 8.24. The topological polar surface area (TPSA) is 55.6 Å². The summed E-state index contributed by atoms with van der Waals surface area (Å²) in [4.78, 5) is 13.5. The summed E-state index contributed by atoms with van der Waals surface area (Å²) in [5.41, 5.74) is 7.72. The summed E-state index contributed by atoms with van der Waals surface area (Å²) in [7, 11) is 1.65. The smallest absolute Gasteiger partial charge is 0.222 e. The van der Waals surface area contributed by atoms with Gasteiger partial charge < -0.3 is 15.4 Å². The molecule has 0 unspecified atom stereocenters. The fourth-order valence-corrected chi connectivity index (χ4v) is 2.16. The molecule has 4 nitrogen and oxygen atoms in total. The van der Waals surface area contributed by atoms with Crippen molar-refractivity contribution in [1.29, 1.82) is 0 Å². The lowest BCUT2D eigenvalue weighted by atomic mass is 10.1. The average molecular weight is 234 g/mol. The van der Waals surface area contributed by atoms with E-state index in [1.807, 2.05) is 23.1 Å². The lowest BCUT2D eigenvalue weighted by molar-refractivity contribution is -0.128. The Hall–Kier alpha value is -1.55. The Bertz CT molecular complexity index is 418. The minimum Gasteiger partial charge on any atom is -0.496 e. The van der Waals surface area contributed by atoms with Gasteiger partial charge in [-0.1, -0.05) is 6.07 Å². The molecular weight excluding hydrogens is 216 g/mol. The summed E-state index contributed by atoms with van der Waals surface area (Å²) < 4.78 is 5.31. The van der Waals surface area contributed by atoms with E-state index >= 15 is 0 Å². The first-order valence-corrected chi connectivity index (χ1v) is 5.88. The van der Waals surface area contributed by atoms with Crippen LogP contribution in [-0.2, 0) is 17.9 Å². The maximum absolute atomic E-state index is 11.6. The molecule has 0 saturated carbocycles. The van der Waals surface area contributed by atoms with Gasteiger partial charge in [-0.15, -0.1) is 0 Å². The third-order valence-electron chi connectivity index (χ3n) is 3.11. The van der Waals surface area contributed by atoms with Crippen molar-refractivity contribution in [3.05, 3.63) is 29.3 Å². The van der Waals surface area contributed by atoms with Crippen LogP contribution in [0.5, 0.6) is 5.75 Å². The summed E-state index contributed by atoms with van der Waals surface area (Å²) >= 11 is 0. The van der Waals surface area contributed by atoms with Crippen LogP contribution < -0.4 is 10.5 Å². The summed E-state index contributed by atoms with van der Waals surface area (Å²) in [6.45, 7) is 1.97. The molecule has 1 amide bonds. The van der Waals surface area contributed by atoms with Crippen LogP contribution in [0.3, 0.4) is 0 Å². The predicted molar refractivity (Wildman–Crippen MR) is 65.5 cm³/mol. The van der Waals surface area contributed by atoms with Gasteiger partial charge in [0.2, 0.25) is 5.91 Å². The average Bonchev–Trinajstić information content (AvgIpc) is 2.75. The largest absolute Gasteiger partial charge is 0.496 e. The SMILES string of the molecule is COc1ccc(CN)cc1CN1CCCC1=O. The summed E-state index contributed by atoms with van der Waals surface area (Å²) in [6.07, 6.45) is 1.62. The molecule has 17 heavy (non-hydrogen) atoms.